The van der Waals surface area contributed by atoms with Crippen LogP contribution in [0, 0.1) is 0 Å². The van der Waals surface area contributed by atoms with Gasteiger partial charge in [0.05, 0.1) is 13.2 Å². The molecule has 1 saturated heterocycles. The zero-order valence-electron chi connectivity index (χ0n) is 14.1. The molecule has 0 amide bonds. The van der Waals surface area contributed by atoms with E-state index in [0.717, 1.165) is 45.6 Å². The first-order valence-corrected chi connectivity index (χ1v) is 8.23. The summed E-state index contributed by atoms with van der Waals surface area (Å²) in [4.78, 5) is 14.4. The Morgan fingerprint density at radius 2 is 2.19 bits per heavy atom. The van der Waals surface area contributed by atoms with Crippen LogP contribution in [0.25, 0.3) is 0 Å². The van der Waals surface area contributed by atoms with E-state index in [1.54, 1.807) is 0 Å². The molecular formula is C16H32N2O3. The van der Waals surface area contributed by atoms with Crippen molar-refractivity contribution in [1.29, 1.82) is 0 Å². The molecular weight excluding hydrogens is 268 g/mol. The van der Waals surface area contributed by atoms with Gasteiger partial charge in [0.2, 0.25) is 0 Å². The van der Waals surface area contributed by atoms with Crippen LogP contribution < -0.4 is 5.32 Å². The average molecular weight is 300 g/mol. The molecule has 0 saturated carbocycles. The first kappa shape index (κ1) is 18.4. The molecule has 0 aromatic heterocycles. The Labute approximate surface area is 129 Å². The van der Waals surface area contributed by atoms with Crippen LogP contribution in [0.5, 0.6) is 0 Å². The number of methoxy groups -OCH3 is 1. The quantitative estimate of drug-likeness (QED) is 0.658. The second kappa shape index (κ2) is 9.38. The molecule has 0 aromatic carbocycles. The lowest BCUT2D eigenvalue weighted by molar-refractivity contribution is -0.148. The van der Waals surface area contributed by atoms with Gasteiger partial charge < -0.3 is 19.7 Å². The zero-order valence-corrected chi connectivity index (χ0v) is 14.1. The maximum atomic E-state index is 11.9. The van der Waals surface area contributed by atoms with Gasteiger partial charge in [0.25, 0.3) is 0 Å². The molecule has 1 rings (SSSR count). The SMILES string of the molecule is CCNC(C)(CCCN1CCCC(OCC)C1)C(=O)OC. The number of likely N-dealkylation sites (tertiary alicyclic amines) is 1. The third-order valence-electron chi connectivity index (χ3n) is 4.22. The van der Waals surface area contributed by atoms with Gasteiger partial charge in [-0.25, -0.2) is 0 Å². The second-order valence-corrected chi connectivity index (χ2v) is 5.98. The highest BCUT2D eigenvalue weighted by molar-refractivity contribution is 5.80. The van der Waals surface area contributed by atoms with Crippen molar-refractivity contribution >= 4 is 5.97 Å². The third-order valence-corrected chi connectivity index (χ3v) is 4.22. The van der Waals surface area contributed by atoms with E-state index in [1.165, 1.54) is 20.0 Å². The molecule has 1 aliphatic heterocycles. The summed E-state index contributed by atoms with van der Waals surface area (Å²) in [5.74, 6) is -0.171. The van der Waals surface area contributed by atoms with E-state index in [1.807, 2.05) is 13.8 Å². The molecule has 0 radical (unpaired) electrons. The summed E-state index contributed by atoms with van der Waals surface area (Å²) in [5.41, 5.74) is -0.571. The molecule has 0 bridgehead atoms. The van der Waals surface area contributed by atoms with Crippen LogP contribution in [0.3, 0.4) is 0 Å². The summed E-state index contributed by atoms with van der Waals surface area (Å²) in [5, 5.41) is 3.26. The van der Waals surface area contributed by atoms with Crippen LogP contribution in [-0.4, -0.2) is 62.4 Å². The fourth-order valence-corrected chi connectivity index (χ4v) is 3.12. The van der Waals surface area contributed by atoms with E-state index in [-0.39, 0.29) is 5.97 Å². The van der Waals surface area contributed by atoms with Gasteiger partial charge in [-0.3, -0.25) is 4.79 Å². The van der Waals surface area contributed by atoms with Crippen LogP contribution in [0.2, 0.25) is 0 Å². The molecule has 2 unspecified atom stereocenters. The summed E-state index contributed by atoms with van der Waals surface area (Å²) >= 11 is 0. The Hall–Kier alpha value is -0.650. The summed E-state index contributed by atoms with van der Waals surface area (Å²) in [6.07, 6.45) is 4.53. The first-order chi connectivity index (χ1) is 10.1. The van der Waals surface area contributed by atoms with Crippen LogP contribution in [0.1, 0.15) is 46.5 Å². The van der Waals surface area contributed by atoms with E-state index < -0.39 is 5.54 Å². The van der Waals surface area contributed by atoms with Crippen molar-refractivity contribution in [3.63, 3.8) is 0 Å². The van der Waals surface area contributed by atoms with Crippen molar-refractivity contribution in [2.45, 2.75) is 58.1 Å². The zero-order chi connectivity index (χ0) is 15.7. The molecule has 1 aliphatic rings. The molecule has 1 fully saturated rings. The number of hydrogen-bond donors (Lipinski definition) is 1. The standard InChI is InChI=1S/C16H32N2O3/c1-5-17-16(3,15(19)20-4)10-8-12-18-11-7-9-14(13-18)21-6-2/h14,17H,5-13H2,1-4H3. The Morgan fingerprint density at radius 3 is 2.81 bits per heavy atom. The van der Waals surface area contributed by atoms with Gasteiger partial charge in [0.1, 0.15) is 5.54 Å². The van der Waals surface area contributed by atoms with E-state index in [2.05, 4.69) is 17.1 Å². The summed E-state index contributed by atoms with van der Waals surface area (Å²) in [6.45, 7) is 10.7. The maximum absolute atomic E-state index is 11.9. The number of ether oxygens (including phenoxy) is 2. The Morgan fingerprint density at radius 1 is 1.43 bits per heavy atom. The van der Waals surface area contributed by atoms with E-state index in [0.29, 0.717) is 6.10 Å². The molecule has 0 aliphatic carbocycles. The van der Waals surface area contributed by atoms with Gasteiger partial charge in [-0.05, 0) is 59.2 Å². The normalized spacial score (nSPS) is 22.8. The fraction of sp³-hybridized carbons (Fsp3) is 0.938. The van der Waals surface area contributed by atoms with Crippen molar-refractivity contribution in [1.82, 2.24) is 10.2 Å². The number of hydrogen-bond acceptors (Lipinski definition) is 5. The first-order valence-electron chi connectivity index (χ1n) is 8.23. The molecule has 1 N–H and O–H groups in total. The van der Waals surface area contributed by atoms with Crippen molar-refractivity contribution in [2.75, 3.05) is 39.9 Å². The predicted molar refractivity (Wildman–Crippen MR) is 84.4 cm³/mol. The van der Waals surface area contributed by atoms with Crippen LogP contribution in [0.4, 0.5) is 0 Å². The molecule has 1 heterocycles. The molecule has 0 aromatic rings. The van der Waals surface area contributed by atoms with Gasteiger partial charge in [0.15, 0.2) is 0 Å². The van der Waals surface area contributed by atoms with Gasteiger partial charge in [-0.1, -0.05) is 6.92 Å². The van der Waals surface area contributed by atoms with Crippen LogP contribution in [0.15, 0.2) is 0 Å². The molecule has 0 spiro atoms. The lowest BCUT2D eigenvalue weighted by Gasteiger charge is -2.33. The number of piperidine rings is 1. The van der Waals surface area contributed by atoms with Gasteiger partial charge in [-0.15, -0.1) is 0 Å². The highest BCUT2D eigenvalue weighted by Gasteiger charge is 2.33. The number of esters is 1. The largest absolute Gasteiger partial charge is 0.468 e. The Bertz CT molecular complexity index is 310. The maximum Gasteiger partial charge on any atom is 0.325 e. The number of carbonyl (C=O) groups is 1. The summed E-state index contributed by atoms with van der Waals surface area (Å²) in [6, 6.07) is 0. The number of likely N-dealkylation sites (N-methyl/N-ethyl adjacent to an activating group) is 1. The van der Waals surface area contributed by atoms with Crippen LogP contribution in [-0.2, 0) is 14.3 Å². The predicted octanol–water partition coefficient (Wildman–Crippen LogP) is 1.81. The molecule has 21 heavy (non-hydrogen) atoms. The minimum atomic E-state index is -0.571. The van der Waals surface area contributed by atoms with Gasteiger partial charge >= 0.3 is 5.97 Å². The minimum Gasteiger partial charge on any atom is -0.468 e. The molecule has 5 heteroatoms. The monoisotopic (exact) mass is 300 g/mol. The van der Waals surface area contributed by atoms with E-state index in [9.17, 15) is 4.79 Å². The Kier molecular flexibility index (Phi) is 8.22. The second-order valence-electron chi connectivity index (χ2n) is 5.98. The summed E-state index contributed by atoms with van der Waals surface area (Å²) < 4.78 is 10.7. The van der Waals surface area contributed by atoms with Crippen LogP contribution >= 0.6 is 0 Å². The fourth-order valence-electron chi connectivity index (χ4n) is 3.12. The van der Waals surface area contributed by atoms with E-state index in [4.69, 9.17) is 9.47 Å². The van der Waals surface area contributed by atoms with Crippen molar-refractivity contribution in [3.8, 4) is 0 Å². The van der Waals surface area contributed by atoms with Crippen molar-refractivity contribution in [2.24, 2.45) is 0 Å². The van der Waals surface area contributed by atoms with Gasteiger partial charge in [-0.2, -0.15) is 0 Å². The van der Waals surface area contributed by atoms with Crippen molar-refractivity contribution < 1.29 is 14.3 Å². The average Bonchev–Trinajstić information content (AvgIpc) is 2.47. The topological polar surface area (TPSA) is 50.8 Å². The summed E-state index contributed by atoms with van der Waals surface area (Å²) in [7, 11) is 1.45. The molecule has 124 valence electrons. The number of carbonyl (C=O) groups excluding carboxylic acids is 1. The Balaban J connectivity index is 2.38. The molecule has 5 nitrogen and oxygen atoms in total. The third kappa shape index (κ3) is 5.93. The van der Waals surface area contributed by atoms with Gasteiger partial charge in [0, 0.05) is 13.2 Å². The van der Waals surface area contributed by atoms with E-state index >= 15 is 0 Å². The molecule has 2 atom stereocenters. The number of nitrogens with one attached hydrogen (secondary N) is 1. The lowest BCUT2D eigenvalue weighted by Crippen LogP contribution is -2.50. The highest BCUT2D eigenvalue weighted by atomic mass is 16.5. The smallest absolute Gasteiger partial charge is 0.325 e. The number of rotatable bonds is 9. The van der Waals surface area contributed by atoms with Crippen molar-refractivity contribution in [3.05, 3.63) is 0 Å². The highest BCUT2D eigenvalue weighted by Crippen LogP contribution is 2.17. The minimum absolute atomic E-state index is 0.171. The lowest BCUT2D eigenvalue weighted by atomic mass is 9.95. The number of nitrogens with zero attached hydrogens (tertiary/aromatic N) is 1.